The van der Waals surface area contributed by atoms with E-state index in [1.807, 2.05) is 0 Å². The van der Waals surface area contributed by atoms with Crippen molar-refractivity contribution in [2.24, 2.45) is 5.73 Å². The Bertz CT molecular complexity index is 318. The fourth-order valence-electron chi connectivity index (χ4n) is 2.04. The molecule has 2 unspecified atom stereocenters. The summed E-state index contributed by atoms with van der Waals surface area (Å²) in [4.78, 5) is 2.29. The quantitative estimate of drug-likeness (QED) is 0.742. The van der Waals surface area contributed by atoms with Crippen molar-refractivity contribution in [1.82, 2.24) is 9.21 Å². The van der Waals surface area contributed by atoms with Gasteiger partial charge in [0.05, 0.1) is 5.25 Å². The first kappa shape index (κ1) is 13.9. The van der Waals surface area contributed by atoms with Gasteiger partial charge >= 0.3 is 0 Å². The van der Waals surface area contributed by atoms with Crippen molar-refractivity contribution in [2.75, 3.05) is 32.7 Å². The zero-order chi connectivity index (χ0) is 12.3. The third kappa shape index (κ3) is 2.74. The standard InChI is InChI=1S/C10H23N3O2S/c1-4-12-5-6-13(8-9(12)2)16(14,15)10(3)7-11/h9-10H,4-8,11H2,1-3H3. The second-order valence-electron chi connectivity index (χ2n) is 4.43. The third-order valence-corrected chi connectivity index (χ3v) is 5.60. The van der Waals surface area contributed by atoms with E-state index in [4.69, 9.17) is 5.73 Å². The van der Waals surface area contributed by atoms with Crippen LogP contribution in [0.2, 0.25) is 0 Å². The van der Waals surface area contributed by atoms with Gasteiger partial charge in [-0.05, 0) is 20.4 Å². The summed E-state index contributed by atoms with van der Waals surface area (Å²) in [5, 5.41) is -0.479. The van der Waals surface area contributed by atoms with Crippen LogP contribution in [0.5, 0.6) is 0 Å². The summed E-state index contributed by atoms with van der Waals surface area (Å²) < 4.78 is 25.8. The highest BCUT2D eigenvalue weighted by molar-refractivity contribution is 7.89. The van der Waals surface area contributed by atoms with Gasteiger partial charge in [-0.15, -0.1) is 0 Å². The fourth-order valence-corrected chi connectivity index (χ4v) is 3.55. The van der Waals surface area contributed by atoms with Gasteiger partial charge in [0.15, 0.2) is 0 Å². The Labute approximate surface area is 98.6 Å². The number of hydrogen-bond donors (Lipinski definition) is 1. The van der Waals surface area contributed by atoms with Crippen LogP contribution >= 0.6 is 0 Å². The van der Waals surface area contributed by atoms with Gasteiger partial charge in [0.25, 0.3) is 0 Å². The molecule has 5 nitrogen and oxygen atoms in total. The fraction of sp³-hybridized carbons (Fsp3) is 1.00. The van der Waals surface area contributed by atoms with E-state index >= 15 is 0 Å². The minimum atomic E-state index is -3.20. The first-order chi connectivity index (χ1) is 7.43. The number of nitrogens with zero attached hydrogens (tertiary/aromatic N) is 2. The predicted molar refractivity (Wildman–Crippen MR) is 65.7 cm³/mol. The minimum Gasteiger partial charge on any atom is -0.329 e. The van der Waals surface area contributed by atoms with Gasteiger partial charge < -0.3 is 5.73 Å². The van der Waals surface area contributed by atoms with E-state index in [9.17, 15) is 8.42 Å². The van der Waals surface area contributed by atoms with E-state index in [-0.39, 0.29) is 6.54 Å². The van der Waals surface area contributed by atoms with Crippen LogP contribution in [0.1, 0.15) is 20.8 Å². The van der Waals surface area contributed by atoms with Crippen LogP contribution < -0.4 is 5.73 Å². The summed E-state index contributed by atoms with van der Waals surface area (Å²) in [6, 6.07) is 0.290. The molecule has 0 saturated carbocycles. The zero-order valence-corrected chi connectivity index (χ0v) is 11.2. The van der Waals surface area contributed by atoms with Crippen LogP contribution in [0.4, 0.5) is 0 Å². The Balaban J connectivity index is 2.71. The molecule has 2 N–H and O–H groups in total. The highest BCUT2D eigenvalue weighted by Crippen LogP contribution is 2.15. The number of rotatable bonds is 4. The van der Waals surface area contributed by atoms with Gasteiger partial charge in [0.2, 0.25) is 10.0 Å². The maximum Gasteiger partial charge on any atom is 0.218 e. The maximum atomic E-state index is 12.1. The highest BCUT2D eigenvalue weighted by atomic mass is 32.2. The summed E-state index contributed by atoms with van der Waals surface area (Å²) in [5.41, 5.74) is 5.44. The Morgan fingerprint density at radius 3 is 2.50 bits per heavy atom. The van der Waals surface area contributed by atoms with Crippen LogP contribution in [0.3, 0.4) is 0 Å². The molecule has 1 rings (SSSR count). The Kier molecular flexibility index (Phi) is 4.73. The molecular weight excluding hydrogens is 226 g/mol. The summed E-state index contributed by atoms with van der Waals surface area (Å²) in [6.45, 7) is 8.99. The number of hydrogen-bond acceptors (Lipinski definition) is 4. The minimum absolute atomic E-state index is 0.185. The van der Waals surface area contributed by atoms with Gasteiger partial charge in [0.1, 0.15) is 0 Å². The second-order valence-corrected chi connectivity index (χ2v) is 6.78. The smallest absolute Gasteiger partial charge is 0.218 e. The van der Waals surface area contributed by atoms with Crippen LogP contribution in [0.15, 0.2) is 0 Å². The van der Waals surface area contributed by atoms with Crippen LogP contribution in [0, 0.1) is 0 Å². The molecule has 1 heterocycles. The lowest BCUT2D eigenvalue weighted by atomic mass is 10.2. The van der Waals surface area contributed by atoms with Crippen LogP contribution in [-0.2, 0) is 10.0 Å². The molecular formula is C10H23N3O2S. The lowest BCUT2D eigenvalue weighted by Gasteiger charge is -2.39. The molecule has 1 aliphatic heterocycles. The van der Waals surface area contributed by atoms with Crippen molar-refractivity contribution < 1.29 is 8.42 Å². The average molecular weight is 249 g/mol. The molecule has 1 saturated heterocycles. The molecule has 0 aliphatic carbocycles. The molecule has 6 heteroatoms. The lowest BCUT2D eigenvalue weighted by Crippen LogP contribution is -2.55. The SMILES string of the molecule is CCN1CCN(S(=O)(=O)C(C)CN)CC1C. The Hall–Kier alpha value is -0.170. The summed E-state index contributed by atoms with van der Waals surface area (Å²) in [5.74, 6) is 0. The largest absolute Gasteiger partial charge is 0.329 e. The molecule has 2 atom stereocenters. The molecule has 16 heavy (non-hydrogen) atoms. The van der Waals surface area contributed by atoms with Gasteiger partial charge in [-0.1, -0.05) is 6.92 Å². The number of sulfonamides is 1. The van der Waals surface area contributed by atoms with Gasteiger partial charge in [0, 0.05) is 32.2 Å². The van der Waals surface area contributed by atoms with E-state index < -0.39 is 15.3 Å². The van der Waals surface area contributed by atoms with E-state index in [1.165, 1.54) is 0 Å². The normalized spacial score (nSPS) is 26.9. The number of likely N-dealkylation sites (N-methyl/N-ethyl adjacent to an activating group) is 1. The summed E-state index contributed by atoms with van der Waals surface area (Å²) in [6.07, 6.45) is 0. The molecule has 0 aromatic rings. The van der Waals surface area contributed by atoms with E-state index in [2.05, 4.69) is 18.7 Å². The summed E-state index contributed by atoms with van der Waals surface area (Å²) >= 11 is 0. The van der Waals surface area contributed by atoms with E-state index in [0.717, 1.165) is 13.1 Å². The number of piperazine rings is 1. The molecule has 0 bridgehead atoms. The molecule has 0 aromatic carbocycles. The molecule has 0 radical (unpaired) electrons. The first-order valence-electron chi connectivity index (χ1n) is 5.86. The van der Waals surface area contributed by atoms with Crippen molar-refractivity contribution in [1.29, 1.82) is 0 Å². The molecule has 0 amide bonds. The van der Waals surface area contributed by atoms with Crippen molar-refractivity contribution >= 4 is 10.0 Å². The maximum absolute atomic E-state index is 12.1. The molecule has 96 valence electrons. The molecule has 1 fully saturated rings. The first-order valence-corrected chi connectivity index (χ1v) is 7.36. The van der Waals surface area contributed by atoms with E-state index in [0.29, 0.717) is 19.1 Å². The van der Waals surface area contributed by atoms with Gasteiger partial charge in [-0.3, -0.25) is 4.90 Å². The Morgan fingerprint density at radius 2 is 2.06 bits per heavy atom. The predicted octanol–water partition coefficient (Wildman–Crippen LogP) is -0.311. The molecule has 1 aliphatic rings. The van der Waals surface area contributed by atoms with Crippen molar-refractivity contribution in [3.8, 4) is 0 Å². The van der Waals surface area contributed by atoms with Gasteiger partial charge in [-0.2, -0.15) is 4.31 Å². The monoisotopic (exact) mass is 249 g/mol. The van der Waals surface area contributed by atoms with Gasteiger partial charge in [-0.25, -0.2) is 8.42 Å². The lowest BCUT2D eigenvalue weighted by molar-refractivity contribution is 0.135. The Morgan fingerprint density at radius 1 is 1.44 bits per heavy atom. The topological polar surface area (TPSA) is 66.6 Å². The van der Waals surface area contributed by atoms with Crippen LogP contribution in [0.25, 0.3) is 0 Å². The highest BCUT2D eigenvalue weighted by Gasteiger charge is 2.33. The van der Waals surface area contributed by atoms with Crippen LogP contribution in [-0.4, -0.2) is 61.6 Å². The third-order valence-electron chi connectivity index (χ3n) is 3.33. The van der Waals surface area contributed by atoms with Crippen molar-refractivity contribution in [3.05, 3.63) is 0 Å². The second kappa shape index (κ2) is 5.44. The number of nitrogens with two attached hydrogens (primary N) is 1. The van der Waals surface area contributed by atoms with E-state index in [1.54, 1.807) is 11.2 Å². The van der Waals surface area contributed by atoms with Crippen molar-refractivity contribution in [3.63, 3.8) is 0 Å². The molecule has 0 spiro atoms. The average Bonchev–Trinajstić information content (AvgIpc) is 2.27. The summed E-state index contributed by atoms with van der Waals surface area (Å²) in [7, 11) is -3.20. The molecule has 0 aromatic heterocycles. The zero-order valence-electron chi connectivity index (χ0n) is 10.4. The van der Waals surface area contributed by atoms with Crippen molar-refractivity contribution in [2.45, 2.75) is 32.1 Å².